The summed E-state index contributed by atoms with van der Waals surface area (Å²) in [5.41, 5.74) is 5.85. The van der Waals surface area contributed by atoms with Crippen molar-refractivity contribution in [1.29, 1.82) is 0 Å². The van der Waals surface area contributed by atoms with Crippen molar-refractivity contribution >= 4 is 6.41 Å². The van der Waals surface area contributed by atoms with Crippen molar-refractivity contribution in [3.8, 4) is 0 Å². The molecule has 0 bridgehead atoms. The van der Waals surface area contributed by atoms with Gasteiger partial charge < -0.3 is 0 Å². The Labute approximate surface area is 72.2 Å². The maximum absolute atomic E-state index is 10.6. The molecule has 2 aliphatic rings. The van der Waals surface area contributed by atoms with E-state index in [2.05, 4.69) is 11.0 Å². The minimum absolute atomic E-state index is 0.0278. The number of amides is 1. The smallest absolute Gasteiger partial charge is 0.262 e. The van der Waals surface area contributed by atoms with Gasteiger partial charge in [0, 0.05) is 6.54 Å². The molecular weight excluding hydrogens is 154 g/mol. The van der Waals surface area contributed by atoms with E-state index in [9.17, 15) is 4.79 Å². The number of hydrazine groups is 2. The second-order valence-electron chi connectivity index (χ2n) is 3.68. The van der Waals surface area contributed by atoms with Crippen molar-refractivity contribution < 1.29 is 4.79 Å². The van der Waals surface area contributed by atoms with Crippen molar-refractivity contribution in [2.75, 3.05) is 6.54 Å². The normalized spacial score (nSPS) is 27.8. The highest BCUT2D eigenvalue weighted by Gasteiger charge is 2.41. The molecule has 1 aliphatic heterocycles. The zero-order valence-electron chi connectivity index (χ0n) is 7.10. The van der Waals surface area contributed by atoms with E-state index in [0.717, 1.165) is 19.4 Å². The van der Waals surface area contributed by atoms with Crippen LogP contribution < -0.4 is 11.0 Å². The third-order valence-corrected chi connectivity index (χ3v) is 2.96. The van der Waals surface area contributed by atoms with Crippen LogP contribution in [-0.4, -0.2) is 23.5 Å². The summed E-state index contributed by atoms with van der Waals surface area (Å²) in [4.78, 5) is 10.6. The lowest BCUT2D eigenvalue weighted by atomic mass is 9.82. The van der Waals surface area contributed by atoms with Gasteiger partial charge in [-0.15, -0.1) is 0 Å². The topological polar surface area (TPSA) is 44.4 Å². The Morgan fingerprint density at radius 1 is 1.25 bits per heavy atom. The van der Waals surface area contributed by atoms with Gasteiger partial charge in [-0.3, -0.25) is 4.79 Å². The molecule has 67 valence electrons. The average molecular weight is 168 g/mol. The number of nitrogens with zero attached hydrogens (tertiary/aromatic N) is 1. The van der Waals surface area contributed by atoms with Crippen molar-refractivity contribution in [3.63, 3.8) is 0 Å². The molecule has 1 heterocycles. The zero-order valence-corrected chi connectivity index (χ0v) is 7.10. The van der Waals surface area contributed by atoms with Crippen molar-refractivity contribution in [3.05, 3.63) is 0 Å². The molecule has 0 unspecified atom stereocenters. The molecule has 2 N–H and O–H groups in total. The number of hydrogen-bond donors (Lipinski definition) is 2. The van der Waals surface area contributed by atoms with Crippen LogP contribution in [0.25, 0.3) is 0 Å². The first-order valence-corrected chi connectivity index (χ1v) is 4.54. The lowest BCUT2D eigenvalue weighted by molar-refractivity contribution is 0.133. The lowest BCUT2D eigenvalue weighted by Gasteiger charge is -2.36. The third kappa shape index (κ3) is 1.11. The van der Waals surface area contributed by atoms with Crippen LogP contribution in [0.15, 0.2) is 0 Å². The summed E-state index contributed by atoms with van der Waals surface area (Å²) >= 11 is 0. The Morgan fingerprint density at radius 3 is 2.67 bits per heavy atom. The molecular formula is C8H14N3O. The summed E-state index contributed by atoms with van der Waals surface area (Å²) in [5, 5.41) is 1.58. The van der Waals surface area contributed by atoms with Gasteiger partial charge in [0.1, 0.15) is 0 Å². The molecule has 0 aromatic rings. The molecule has 1 aliphatic carbocycles. The fraction of sp³-hybridized carbons (Fsp3) is 0.875. The van der Waals surface area contributed by atoms with Crippen molar-refractivity contribution in [2.45, 2.75) is 37.6 Å². The molecule has 1 saturated carbocycles. The summed E-state index contributed by atoms with van der Waals surface area (Å²) in [6.07, 6.45) is 7.88. The summed E-state index contributed by atoms with van der Waals surface area (Å²) in [7, 11) is 0. The fourth-order valence-electron chi connectivity index (χ4n) is 2.21. The standard InChI is InChI=1S/C8H14N3O/c12-7-11-8(6-9-10-11)4-2-1-3-5-8/h9-10H,1-6H2. The molecule has 1 saturated heterocycles. The highest BCUT2D eigenvalue weighted by atomic mass is 16.2. The average Bonchev–Trinajstić information content (AvgIpc) is 2.49. The van der Waals surface area contributed by atoms with Crippen LogP contribution in [0.3, 0.4) is 0 Å². The molecule has 1 amide bonds. The molecule has 2 fully saturated rings. The Bertz CT molecular complexity index is 177. The highest BCUT2D eigenvalue weighted by Crippen LogP contribution is 2.32. The van der Waals surface area contributed by atoms with E-state index >= 15 is 0 Å². The number of rotatable bonds is 1. The van der Waals surface area contributed by atoms with E-state index in [0.29, 0.717) is 0 Å². The maximum Gasteiger partial charge on any atom is 0.329 e. The van der Waals surface area contributed by atoms with Gasteiger partial charge in [0.05, 0.1) is 5.54 Å². The molecule has 12 heavy (non-hydrogen) atoms. The minimum atomic E-state index is 0.0278. The van der Waals surface area contributed by atoms with Crippen LogP contribution in [0.1, 0.15) is 32.1 Å². The van der Waals surface area contributed by atoms with E-state index in [1.54, 1.807) is 5.01 Å². The zero-order chi connectivity index (χ0) is 8.44. The Morgan fingerprint density at radius 2 is 2.00 bits per heavy atom. The van der Waals surface area contributed by atoms with E-state index in [1.807, 2.05) is 6.41 Å². The Hall–Kier alpha value is -0.610. The van der Waals surface area contributed by atoms with E-state index in [-0.39, 0.29) is 5.54 Å². The van der Waals surface area contributed by atoms with Crippen LogP contribution >= 0.6 is 0 Å². The third-order valence-electron chi connectivity index (χ3n) is 2.96. The number of hydrogen-bond acceptors (Lipinski definition) is 3. The molecule has 0 atom stereocenters. The van der Waals surface area contributed by atoms with Gasteiger partial charge >= 0.3 is 6.41 Å². The maximum atomic E-state index is 10.6. The second-order valence-corrected chi connectivity index (χ2v) is 3.68. The predicted molar refractivity (Wildman–Crippen MR) is 44.5 cm³/mol. The largest absolute Gasteiger partial charge is 0.329 e. The van der Waals surface area contributed by atoms with Crippen LogP contribution in [0, 0.1) is 0 Å². The fourth-order valence-corrected chi connectivity index (χ4v) is 2.21. The Kier molecular flexibility index (Phi) is 2.02. The predicted octanol–water partition coefficient (Wildman–Crippen LogP) is 0.0813. The van der Waals surface area contributed by atoms with Crippen LogP contribution in [0.4, 0.5) is 0 Å². The Balaban J connectivity index is 2.10. The quantitative estimate of drug-likeness (QED) is 0.583. The first kappa shape index (κ1) is 8.01. The molecule has 2 rings (SSSR count). The van der Waals surface area contributed by atoms with Gasteiger partial charge in [0.15, 0.2) is 0 Å². The van der Waals surface area contributed by atoms with Gasteiger partial charge in [-0.25, -0.2) is 10.4 Å². The number of carbonyl (C=O) groups excluding carboxylic acids is 1. The lowest BCUT2D eigenvalue weighted by Crippen LogP contribution is -2.49. The van der Waals surface area contributed by atoms with Crippen LogP contribution in [0.2, 0.25) is 0 Å². The van der Waals surface area contributed by atoms with Gasteiger partial charge in [-0.05, 0) is 12.8 Å². The molecule has 4 nitrogen and oxygen atoms in total. The summed E-state index contributed by atoms with van der Waals surface area (Å²) in [5.74, 6) is 0. The number of nitrogens with one attached hydrogen (secondary N) is 2. The molecule has 0 aromatic carbocycles. The van der Waals surface area contributed by atoms with Crippen LogP contribution in [0.5, 0.6) is 0 Å². The summed E-state index contributed by atoms with van der Waals surface area (Å²) in [6, 6.07) is 0. The summed E-state index contributed by atoms with van der Waals surface area (Å²) in [6.45, 7) is 0.863. The van der Waals surface area contributed by atoms with Gasteiger partial charge in [0.2, 0.25) is 0 Å². The molecule has 0 aromatic heterocycles. The minimum Gasteiger partial charge on any atom is -0.262 e. The highest BCUT2D eigenvalue weighted by molar-refractivity contribution is 5.49. The van der Waals surface area contributed by atoms with Gasteiger partial charge in [0.25, 0.3) is 0 Å². The van der Waals surface area contributed by atoms with Crippen molar-refractivity contribution in [2.24, 2.45) is 0 Å². The first-order valence-electron chi connectivity index (χ1n) is 4.54. The van der Waals surface area contributed by atoms with Crippen LogP contribution in [-0.2, 0) is 4.79 Å². The van der Waals surface area contributed by atoms with E-state index in [4.69, 9.17) is 0 Å². The monoisotopic (exact) mass is 168 g/mol. The molecule has 1 spiro atoms. The summed E-state index contributed by atoms with van der Waals surface area (Å²) < 4.78 is 0. The van der Waals surface area contributed by atoms with Crippen molar-refractivity contribution in [1.82, 2.24) is 16.0 Å². The van der Waals surface area contributed by atoms with E-state index < -0.39 is 0 Å². The van der Waals surface area contributed by atoms with Gasteiger partial charge in [-0.2, -0.15) is 5.53 Å². The second kappa shape index (κ2) is 3.03. The van der Waals surface area contributed by atoms with E-state index in [1.165, 1.54) is 19.3 Å². The first-order chi connectivity index (χ1) is 5.87. The molecule has 4 heteroatoms. The SMILES string of the molecule is O=[C]N1NNCC12CCCCC2. The van der Waals surface area contributed by atoms with Gasteiger partial charge in [-0.1, -0.05) is 19.3 Å². The molecule has 1 radical (unpaired) electrons.